The van der Waals surface area contributed by atoms with Crippen molar-refractivity contribution in [3.8, 4) is 0 Å². The highest BCUT2D eigenvalue weighted by atomic mass is 35.5. The molecule has 0 bridgehead atoms. The molecule has 2 N–H and O–H groups in total. The van der Waals surface area contributed by atoms with Gasteiger partial charge in [-0.3, -0.25) is 4.68 Å². The molecule has 0 radical (unpaired) electrons. The first kappa shape index (κ1) is 15.1. The lowest BCUT2D eigenvalue weighted by molar-refractivity contribution is 0.511. The molecule has 1 aromatic heterocycles. The van der Waals surface area contributed by atoms with E-state index < -0.39 is 0 Å². The summed E-state index contributed by atoms with van der Waals surface area (Å²) < 4.78 is 1.87. The minimum atomic E-state index is 0.379. The highest BCUT2D eigenvalue weighted by Crippen LogP contribution is 2.23. The van der Waals surface area contributed by atoms with Gasteiger partial charge in [-0.2, -0.15) is 5.10 Å². The van der Waals surface area contributed by atoms with Gasteiger partial charge in [0.25, 0.3) is 0 Å². The van der Waals surface area contributed by atoms with Gasteiger partial charge in [0.05, 0.1) is 16.4 Å². The number of halogens is 1. The number of hydrogen-bond donors (Lipinski definition) is 1. The van der Waals surface area contributed by atoms with E-state index in [0.717, 1.165) is 29.3 Å². The van der Waals surface area contributed by atoms with Crippen LogP contribution < -0.4 is 5.73 Å². The van der Waals surface area contributed by atoms with Crippen molar-refractivity contribution in [2.75, 3.05) is 6.54 Å². The van der Waals surface area contributed by atoms with Gasteiger partial charge in [-0.1, -0.05) is 41.4 Å². The normalized spacial score (nSPS) is 12.7. The van der Waals surface area contributed by atoms with Gasteiger partial charge in [0.2, 0.25) is 0 Å². The summed E-state index contributed by atoms with van der Waals surface area (Å²) in [6.07, 6.45) is 1.83. The van der Waals surface area contributed by atoms with Gasteiger partial charge in [-0.15, -0.1) is 0 Å². The van der Waals surface area contributed by atoms with Crippen molar-refractivity contribution in [2.24, 2.45) is 18.7 Å². The van der Waals surface area contributed by atoms with E-state index in [1.165, 1.54) is 11.1 Å². The highest BCUT2D eigenvalue weighted by Gasteiger charge is 2.16. The minimum absolute atomic E-state index is 0.379. The van der Waals surface area contributed by atoms with Gasteiger partial charge in [0.1, 0.15) is 0 Å². The van der Waals surface area contributed by atoms with E-state index in [-0.39, 0.29) is 0 Å². The van der Waals surface area contributed by atoms with Crippen LogP contribution in [0.1, 0.15) is 22.5 Å². The molecule has 0 fully saturated rings. The van der Waals surface area contributed by atoms with Crippen molar-refractivity contribution in [3.05, 3.63) is 51.8 Å². The lowest BCUT2D eigenvalue weighted by Gasteiger charge is -2.15. The molecule has 0 amide bonds. The van der Waals surface area contributed by atoms with Crippen molar-refractivity contribution in [2.45, 2.75) is 26.7 Å². The lowest BCUT2D eigenvalue weighted by Crippen LogP contribution is -2.20. The van der Waals surface area contributed by atoms with Crippen LogP contribution in [0.5, 0.6) is 0 Å². The quantitative estimate of drug-likeness (QED) is 0.920. The summed E-state index contributed by atoms with van der Waals surface area (Å²) in [4.78, 5) is 0. The summed E-state index contributed by atoms with van der Waals surface area (Å²) in [7, 11) is 1.94. The fraction of sp³-hybridized carbons (Fsp3) is 0.438. The van der Waals surface area contributed by atoms with Crippen LogP contribution in [0.25, 0.3) is 0 Å². The maximum Gasteiger partial charge on any atom is 0.0847 e. The summed E-state index contributed by atoms with van der Waals surface area (Å²) >= 11 is 6.32. The van der Waals surface area contributed by atoms with E-state index in [1.807, 2.05) is 18.7 Å². The molecule has 1 unspecified atom stereocenters. The highest BCUT2D eigenvalue weighted by molar-refractivity contribution is 6.31. The van der Waals surface area contributed by atoms with Gasteiger partial charge in [0.15, 0.2) is 0 Å². The predicted octanol–water partition coefficient (Wildman–Crippen LogP) is 3.05. The van der Waals surface area contributed by atoms with Crippen LogP contribution in [0.4, 0.5) is 0 Å². The van der Waals surface area contributed by atoms with Crippen LogP contribution in [0.2, 0.25) is 5.02 Å². The number of nitrogens with two attached hydrogens (primary N) is 1. The average Bonchev–Trinajstić information content (AvgIpc) is 2.64. The first-order chi connectivity index (χ1) is 9.51. The largest absolute Gasteiger partial charge is 0.330 e. The van der Waals surface area contributed by atoms with E-state index in [9.17, 15) is 0 Å². The van der Waals surface area contributed by atoms with Crippen LogP contribution >= 0.6 is 11.6 Å². The Labute approximate surface area is 125 Å². The summed E-state index contributed by atoms with van der Waals surface area (Å²) in [5, 5.41) is 5.14. The zero-order chi connectivity index (χ0) is 14.7. The standard InChI is InChI=1S/C16H22ClN3/c1-11-5-4-6-13(7-11)8-14(10-18)9-15-16(17)12(2)19-20(15)3/h4-7,14H,8-10,18H2,1-3H3. The Balaban J connectivity index is 2.13. The second kappa shape index (κ2) is 6.42. The van der Waals surface area contributed by atoms with Gasteiger partial charge in [0, 0.05) is 7.05 Å². The van der Waals surface area contributed by atoms with Crippen molar-refractivity contribution in [1.29, 1.82) is 0 Å². The Morgan fingerprint density at radius 2 is 2.05 bits per heavy atom. The molecule has 0 aliphatic carbocycles. The Bertz CT molecular complexity index is 589. The topological polar surface area (TPSA) is 43.8 Å². The number of hydrogen-bond acceptors (Lipinski definition) is 2. The van der Waals surface area contributed by atoms with E-state index in [4.69, 9.17) is 17.3 Å². The molecule has 1 heterocycles. The van der Waals surface area contributed by atoms with E-state index in [2.05, 4.69) is 36.3 Å². The molecule has 2 rings (SSSR count). The number of nitrogens with zero attached hydrogens (tertiary/aromatic N) is 2. The Morgan fingerprint density at radius 3 is 2.60 bits per heavy atom. The molecule has 1 atom stereocenters. The molecule has 4 heteroatoms. The van der Waals surface area contributed by atoms with Gasteiger partial charge >= 0.3 is 0 Å². The maximum atomic E-state index is 6.32. The van der Waals surface area contributed by atoms with Gasteiger partial charge < -0.3 is 5.73 Å². The van der Waals surface area contributed by atoms with Gasteiger partial charge in [-0.05, 0) is 44.7 Å². The minimum Gasteiger partial charge on any atom is -0.330 e. The van der Waals surface area contributed by atoms with E-state index in [1.54, 1.807) is 0 Å². The van der Waals surface area contributed by atoms with Crippen LogP contribution in [-0.2, 0) is 19.9 Å². The fourth-order valence-electron chi connectivity index (χ4n) is 2.59. The second-order valence-corrected chi connectivity index (χ2v) is 5.85. The van der Waals surface area contributed by atoms with Crippen molar-refractivity contribution >= 4 is 11.6 Å². The van der Waals surface area contributed by atoms with Crippen LogP contribution in [0, 0.1) is 19.8 Å². The van der Waals surface area contributed by atoms with Gasteiger partial charge in [-0.25, -0.2) is 0 Å². The van der Waals surface area contributed by atoms with Crippen molar-refractivity contribution in [3.63, 3.8) is 0 Å². The molecule has 3 nitrogen and oxygen atoms in total. The molecular formula is C16H22ClN3. The SMILES string of the molecule is Cc1cccc(CC(CN)Cc2c(Cl)c(C)nn2C)c1. The van der Waals surface area contributed by atoms with E-state index >= 15 is 0 Å². The number of rotatable bonds is 5. The second-order valence-electron chi connectivity index (χ2n) is 5.47. The monoisotopic (exact) mass is 291 g/mol. The third-order valence-electron chi connectivity index (χ3n) is 3.68. The van der Waals surface area contributed by atoms with Crippen LogP contribution in [-0.4, -0.2) is 16.3 Å². The van der Waals surface area contributed by atoms with Crippen LogP contribution in [0.3, 0.4) is 0 Å². The third-order valence-corrected chi connectivity index (χ3v) is 4.18. The summed E-state index contributed by atoms with van der Waals surface area (Å²) in [5.74, 6) is 0.379. The van der Waals surface area contributed by atoms with Crippen molar-refractivity contribution in [1.82, 2.24) is 9.78 Å². The van der Waals surface area contributed by atoms with Crippen LogP contribution in [0.15, 0.2) is 24.3 Å². The maximum absolute atomic E-state index is 6.32. The first-order valence-electron chi connectivity index (χ1n) is 6.94. The molecule has 0 saturated carbocycles. The van der Waals surface area contributed by atoms with E-state index in [0.29, 0.717) is 12.5 Å². The summed E-state index contributed by atoms with van der Waals surface area (Å²) in [5.41, 5.74) is 10.5. The summed E-state index contributed by atoms with van der Waals surface area (Å²) in [6, 6.07) is 8.59. The average molecular weight is 292 g/mol. The Morgan fingerprint density at radius 1 is 1.30 bits per heavy atom. The fourth-order valence-corrected chi connectivity index (χ4v) is 2.82. The Hall–Kier alpha value is -1.32. The first-order valence-corrected chi connectivity index (χ1v) is 7.32. The summed E-state index contributed by atoms with van der Waals surface area (Å²) in [6.45, 7) is 4.70. The molecule has 20 heavy (non-hydrogen) atoms. The third kappa shape index (κ3) is 3.41. The lowest BCUT2D eigenvalue weighted by atomic mass is 9.94. The molecular weight excluding hydrogens is 270 g/mol. The number of benzene rings is 1. The zero-order valence-electron chi connectivity index (χ0n) is 12.4. The Kier molecular flexibility index (Phi) is 4.84. The van der Waals surface area contributed by atoms with Crippen molar-refractivity contribution < 1.29 is 0 Å². The molecule has 0 aliphatic heterocycles. The molecule has 1 aromatic carbocycles. The molecule has 108 valence electrons. The molecule has 0 saturated heterocycles. The number of aromatic nitrogens is 2. The number of aryl methyl sites for hydroxylation is 3. The molecule has 0 spiro atoms. The zero-order valence-corrected chi connectivity index (χ0v) is 13.1. The predicted molar refractivity (Wildman–Crippen MR) is 84.1 cm³/mol. The molecule has 2 aromatic rings. The molecule has 0 aliphatic rings. The smallest absolute Gasteiger partial charge is 0.0847 e.